The van der Waals surface area contributed by atoms with E-state index in [0.717, 1.165) is 27.3 Å². The minimum Gasteiger partial charge on any atom is -0.354 e. The molecule has 0 spiro atoms. The maximum atomic E-state index is 13.6. The van der Waals surface area contributed by atoms with Crippen molar-refractivity contribution in [2.45, 2.75) is 66.5 Å². The Labute approximate surface area is 216 Å². The van der Waals surface area contributed by atoms with E-state index in [0.29, 0.717) is 12.2 Å². The zero-order chi connectivity index (χ0) is 27.3. The molecule has 7 nitrogen and oxygen atoms in total. The van der Waals surface area contributed by atoms with Crippen LogP contribution in [0.4, 0.5) is 5.69 Å². The molecule has 2 aromatic rings. The van der Waals surface area contributed by atoms with Crippen LogP contribution in [0.5, 0.6) is 0 Å². The van der Waals surface area contributed by atoms with Crippen LogP contribution < -0.4 is 9.62 Å². The summed E-state index contributed by atoms with van der Waals surface area (Å²) in [6.45, 7) is 14.1. The van der Waals surface area contributed by atoms with Crippen LogP contribution in [0, 0.1) is 12.8 Å². The minimum absolute atomic E-state index is 0.0899. The summed E-state index contributed by atoms with van der Waals surface area (Å²) in [5, 5.41) is 2.89. The molecule has 8 heteroatoms. The number of carbonyl (C=O) groups is 2. The molecule has 0 fully saturated rings. The highest BCUT2D eigenvalue weighted by Crippen LogP contribution is 2.26. The Kier molecular flexibility index (Phi) is 9.71. The van der Waals surface area contributed by atoms with Gasteiger partial charge in [-0.25, -0.2) is 8.42 Å². The van der Waals surface area contributed by atoms with Gasteiger partial charge in [0.1, 0.15) is 12.6 Å². The van der Waals surface area contributed by atoms with E-state index < -0.39 is 28.5 Å². The molecule has 0 heterocycles. The van der Waals surface area contributed by atoms with Crippen LogP contribution in [0.25, 0.3) is 0 Å². The number of amides is 2. The molecular formula is C28H41N3O4S. The van der Waals surface area contributed by atoms with Crippen molar-refractivity contribution in [2.75, 3.05) is 23.7 Å². The normalized spacial score (nSPS) is 12.8. The highest BCUT2D eigenvalue weighted by molar-refractivity contribution is 7.92. The highest BCUT2D eigenvalue weighted by Gasteiger charge is 2.30. The summed E-state index contributed by atoms with van der Waals surface area (Å²) < 4.78 is 26.6. The van der Waals surface area contributed by atoms with Gasteiger partial charge in [0.25, 0.3) is 0 Å². The van der Waals surface area contributed by atoms with E-state index in [9.17, 15) is 18.0 Å². The minimum atomic E-state index is -3.76. The Morgan fingerprint density at radius 1 is 0.972 bits per heavy atom. The van der Waals surface area contributed by atoms with Crippen molar-refractivity contribution in [1.82, 2.24) is 10.2 Å². The lowest BCUT2D eigenvalue weighted by atomic mass is 9.87. The highest BCUT2D eigenvalue weighted by atomic mass is 32.2. The average molecular weight is 516 g/mol. The molecule has 36 heavy (non-hydrogen) atoms. The monoisotopic (exact) mass is 515 g/mol. The van der Waals surface area contributed by atoms with Crippen LogP contribution in [0.15, 0.2) is 48.5 Å². The first-order valence-corrected chi connectivity index (χ1v) is 14.2. The molecule has 2 aromatic carbocycles. The molecule has 0 aliphatic heterocycles. The number of anilines is 1. The van der Waals surface area contributed by atoms with Crippen LogP contribution in [0.2, 0.25) is 0 Å². The van der Waals surface area contributed by atoms with E-state index in [1.807, 2.05) is 57.2 Å². The van der Waals surface area contributed by atoms with Gasteiger partial charge in [-0.2, -0.15) is 0 Å². The molecule has 1 atom stereocenters. The van der Waals surface area contributed by atoms with Crippen molar-refractivity contribution in [3.63, 3.8) is 0 Å². The quantitative estimate of drug-likeness (QED) is 0.513. The van der Waals surface area contributed by atoms with Crippen LogP contribution in [-0.4, -0.2) is 50.5 Å². The molecule has 198 valence electrons. The predicted molar refractivity (Wildman–Crippen MR) is 146 cm³/mol. The number of nitrogens with zero attached hydrogens (tertiary/aromatic N) is 2. The number of benzene rings is 2. The molecule has 2 amide bonds. The Balaban J connectivity index is 2.39. The number of sulfonamides is 1. The molecule has 0 radical (unpaired) electrons. The van der Waals surface area contributed by atoms with Crippen molar-refractivity contribution in [3.8, 4) is 0 Å². The second-order valence-electron chi connectivity index (χ2n) is 10.8. The summed E-state index contributed by atoms with van der Waals surface area (Å²) in [5.74, 6) is -0.458. The molecule has 0 bridgehead atoms. The van der Waals surface area contributed by atoms with E-state index in [-0.39, 0.29) is 23.8 Å². The first-order chi connectivity index (χ1) is 16.6. The van der Waals surface area contributed by atoms with Gasteiger partial charge in [-0.15, -0.1) is 0 Å². The van der Waals surface area contributed by atoms with Crippen molar-refractivity contribution < 1.29 is 18.0 Å². The topological polar surface area (TPSA) is 86.8 Å². The maximum absolute atomic E-state index is 13.6. The van der Waals surface area contributed by atoms with Crippen molar-refractivity contribution >= 4 is 27.5 Å². The summed E-state index contributed by atoms with van der Waals surface area (Å²) in [6, 6.07) is 14.1. The number of hydrogen-bond acceptors (Lipinski definition) is 4. The fraction of sp³-hybridized carbons (Fsp3) is 0.500. The summed E-state index contributed by atoms with van der Waals surface area (Å²) >= 11 is 0. The standard InChI is InChI=1S/C28H41N3O4S/c1-20(2)17-29-27(33)22(4)30(18-23-12-10-9-11-21(23)3)26(32)19-31(36(8,34)35)25-15-13-24(14-16-25)28(5,6)7/h9-16,20,22H,17-19H2,1-8H3,(H,29,33). The summed E-state index contributed by atoms with van der Waals surface area (Å²) in [4.78, 5) is 28.0. The van der Waals surface area contributed by atoms with E-state index in [1.165, 1.54) is 4.90 Å². The molecule has 0 saturated carbocycles. The lowest BCUT2D eigenvalue weighted by Gasteiger charge is -2.32. The van der Waals surface area contributed by atoms with E-state index in [4.69, 9.17) is 0 Å². The van der Waals surface area contributed by atoms with Crippen molar-refractivity contribution in [1.29, 1.82) is 0 Å². The molecular weight excluding hydrogens is 474 g/mol. The maximum Gasteiger partial charge on any atom is 0.244 e. The Hall–Kier alpha value is -2.87. The summed E-state index contributed by atoms with van der Waals surface area (Å²) in [7, 11) is -3.76. The Morgan fingerprint density at radius 3 is 2.06 bits per heavy atom. The fourth-order valence-corrected chi connectivity index (χ4v) is 4.60. The fourth-order valence-electron chi connectivity index (χ4n) is 3.75. The zero-order valence-electron chi connectivity index (χ0n) is 22.8. The van der Waals surface area contributed by atoms with Gasteiger partial charge >= 0.3 is 0 Å². The molecule has 0 saturated heterocycles. The second-order valence-corrected chi connectivity index (χ2v) is 12.7. The SMILES string of the molecule is Cc1ccccc1CN(C(=O)CN(c1ccc(C(C)(C)C)cc1)S(C)(=O)=O)C(C)C(=O)NCC(C)C. The number of rotatable bonds is 10. The van der Waals surface area contributed by atoms with Gasteiger partial charge in [0.2, 0.25) is 21.8 Å². The van der Waals surface area contributed by atoms with Gasteiger partial charge in [-0.1, -0.05) is 71.0 Å². The first-order valence-electron chi connectivity index (χ1n) is 12.3. The van der Waals surface area contributed by atoms with Gasteiger partial charge in [0, 0.05) is 13.1 Å². The van der Waals surface area contributed by atoms with Gasteiger partial charge in [-0.05, 0) is 54.0 Å². The number of carbonyl (C=O) groups excluding carboxylic acids is 2. The third-order valence-corrected chi connectivity index (χ3v) is 7.29. The van der Waals surface area contributed by atoms with Crippen LogP contribution in [0.3, 0.4) is 0 Å². The predicted octanol–water partition coefficient (Wildman–Crippen LogP) is 4.25. The largest absolute Gasteiger partial charge is 0.354 e. The number of hydrogen-bond donors (Lipinski definition) is 1. The van der Waals surface area contributed by atoms with Crippen LogP contribution in [-0.2, 0) is 31.6 Å². The Morgan fingerprint density at radius 2 is 1.56 bits per heavy atom. The summed E-state index contributed by atoms with van der Waals surface area (Å²) in [5.41, 5.74) is 3.26. The van der Waals surface area contributed by atoms with Gasteiger partial charge in [-0.3, -0.25) is 13.9 Å². The zero-order valence-corrected chi connectivity index (χ0v) is 23.6. The lowest BCUT2D eigenvalue weighted by molar-refractivity contribution is -0.139. The number of nitrogens with one attached hydrogen (secondary N) is 1. The molecule has 0 aliphatic carbocycles. The van der Waals surface area contributed by atoms with Crippen LogP contribution in [0.1, 0.15) is 58.2 Å². The third-order valence-electron chi connectivity index (χ3n) is 6.15. The molecule has 0 aliphatic rings. The van der Waals surface area contributed by atoms with Crippen molar-refractivity contribution in [3.05, 3.63) is 65.2 Å². The van der Waals surface area contributed by atoms with E-state index in [2.05, 4.69) is 26.1 Å². The summed E-state index contributed by atoms with van der Waals surface area (Å²) in [6.07, 6.45) is 1.09. The van der Waals surface area contributed by atoms with E-state index >= 15 is 0 Å². The molecule has 1 N–H and O–H groups in total. The molecule has 2 rings (SSSR count). The van der Waals surface area contributed by atoms with Gasteiger partial charge < -0.3 is 10.2 Å². The first kappa shape index (κ1) is 29.4. The average Bonchev–Trinajstić information content (AvgIpc) is 2.78. The Bertz CT molecular complexity index is 1150. The van der Waals surface area contributed by atoms with Gasteiger partial charge in [0.05, 0.1) is 11.9 Å². The van der Waals surface area contributed by atoms with Gasteiger partial charge in [0.15, 0.2) is 0 Å². The smallest absolute Gasteiger partial charge is 0.244 e. The van der Waals surface area contributed by atoms with E-state index in [1.54, 1.807) is 19.1 Å². The van der Waals surface area contributed by atoms with Crippen LogP contribution >= 0.6 is 0 Å². The second kappa shape index (κ2) is 11.9. The molecule has 1 unspecified atom stereocenters. The third kappa shape index (κ3) is 8.08. The van der Waals surface area contributed by atoms with Crippen molar-refractivity contribution in [2.24, 2.45) is 5.92 Å². The number of aryl methyl sites for hydroxylation is 1. The molecule has 0 aromatic heterocycles. The lowest BCUT2D eigenvalue weighted by Crippen LogP contribution is -2.51.